The molecule has 0 aliphatic heterocycles. The van der Waals surface area contributed by atoms with Gasteiger partial charge in [0.25, 0.3) is 0 Å². The summed E-state index contributed by atoms with van der Waals surface area (Å²) in [4.78, 5) is 0. The first kappa shape index (κ1) is 10.7. The Morgan fingerprint density at radius 2 is 1.79 bits per heavy atom. The number of hydrogen-bond acceptors (Lipinski definition) is 2. The Kier molecular flexibility index (Phi) is 2.93. The molecule has 0 aliphatic carbocycles. The third-order valence-corrected chi connectivity index (χ3v) is 2.31. The van der Waals surface area contributed by atoms with Gasteiger partial charge in [-0.1, -0.05) is 24.3 Å². The molecule has 1 rings (SSSR count). The molecule has 0 saturated carbocycles. The lowest BCUT2D eigenvalue weighted by Crippen LogP contribution is -2.15. The molecule has 0 aliphatic rings. The van der Waals surface area contributed by atoms with Gasteiger partial charge in [0.1, 0.15) is 0 Å². The normalized spacial score (nSPS) is 13.4. The highest BCUT2D eigenvalue weighted by Gasteiger charge is 2.15. The molecule has 0 heterocycles. The Bertz CT molecular complexity index is 340. The molecule has 1 unspecified atom stereocenters. The largest absolute Gasteiger partial charge is 0.386 e. The number of rotatable bonds is 2. The molecule has 0 aromatic heterocycles. The van der Waals surface area contributed by atoms with Gasteiger partial charge in [-0.05, 0) is 31.9 Å². The molecule has 1 aromatic rings. The molecule has 2 nitrogen and oxygen atoms in total. The first-order chi connectivity index (χ1) is 6.45. The van der Waals surface area contributed by atoms with E-state index in [-0.39, 0.29) is 5.92 Å². The van der Waals surface area contributed by atoms with E-state index in [0.29, 0.717) is 0 Å². The van der Waals surface area contributed by atoms with Crippen LogP contribution in [0.1, 0.15) is 37.8 Å². The summed E-state index contributed by atoms with van der Waals surface area (Å²) < 4.78 is 0. The predicted molar refractivity (Wildman–Crippen MR) is 55.7 cm³/mol. The van der Waals surface area contributed by atoms with Crippen LogP contribution in [0.3, 0.4) is 0 Å². The van der Waals surface area contributed by atoms with Gasteiger partial charge in [0.15, 0.2) is 0 Å². The van der Waals surface area contributed by atoms with Crippen LogP contribution >= 0.6 is 0 Å². The summed E-state index contributed by atoms with van der Waals surface area (Å²) >= 11 is 0. The summed E-state index contributed by atoms with van der Waals surface area (Å²) in [5.41, 5.74) is 1.04. The van der Waals surface area contributed by atoms with E-state index in [9.17, 15) is 5.11 Å². The van der Waals surface area contributed by atoms with Gasteiger partial charge in [-0.2, -0.15) is 5.26 Å². The van der Waals surface area contributed by atoms with E-state index in [4.69, 9.17) is 5.26 Å². The average Bonchev–Trinajstić information content (AvgIpc) is 2.15. The molecule has 1 atom stereocenters. The Morgan fingerprint density at radius 3 is 2.14 bits per heavy atom. The molecular formula is C12H15NO. The van der Waals surface area contributed by atoms with Gasteiger partial charge in [0, 0.05) is 0 Å². The van der Waals surface area contributed by atoms with Crippen LogP contribution in [0, 0.1) is 11.3 Å². The van der Waals surface area contributed by atoms with Gasteiger partial charge in [0.2, 0.25) is 0 Å². The summed E-state index contributed by atoms with van der Waals surface area (Å²) in [6, 6.07) is 9.69. The van der Waals surface area contributed by atoms with Crippen LogP contribution in [0.5, 0.6) is 0 Å². The van der Waals surface area contributed by atoms with E-state index in [0.717, 1.165) is 11.1 Å². The van der Waals surface area contributed by atoms with E-state index < -0.39 is 5.60 Å². The molecule has 0 amide bonds. The molecule has 2 heteroatoms. The second-order valence-electron chi connectivity index (χ2n) is 4.03. The van der Waals surface area contributed by atoms with Crippen molar-refractivity contribution in [1.82, 2.24) is 0 Å². The fraction of sp³-hybridized carbons (Fsp3) is 0.417. The Morgan fingerprint density at radius 1 is 1.29 bits per heavy atom. The number of benzene rings is 1. The molecule has 1 aromatic carbocycles. The maximum absolute atomic E-state index is 9.71. The van der Waals surface area contributed by atoms with Crippen LogP contribution in [0.25, 0.3) is 0 Å². The first-order valence-corrected chi connectivity index (χ1v) is 4.67. The van der Waals surface area contributed by atoms with Crippen LogP contribution in [0.4, 0.5) is 0 Å². The van der Waals surface area contributed by atoms with Crippen molar-refractivity contribution < 1.29 is 5.11 Å². The monoisotopic (exact) mass is 189 g/mol. The highest BCUT2D eigenvalue weighted by molar-refractivity contribution is 5.30. The van der Waals surface area contributed by atoms with E-state index >= 15 is 0 Å². The summed E-state index contributed by atoms with van der Waals surface area (Å²) in [7, 11) is 0. The van der Waals surface area contributed by atoms with Gasteiger partial charge in [-0.3, -0.25) is 0 Å². The molecule has 1 N–H and O–H groups in total. The van der Waals surface area contributed by atoms with E-state index in [1.165, 1.54) is 0 Å². The van der Waals surface area contributed by atoms with Crippen molar-refractivity contribution in [2.45, 2.75) is 32.3 Å². The molecule has 0 radical (unpaired) electrons. The topological polar surface area (TPSA) is 44.0 Å². The SMILES string of the molecule is CC(C#N)c1ccc(C(C)(C)O)cc1. The molecule has 14 heavy (non-hydrogen) atoms. The Hall–Kier alpha value is -1.33. The van der Waals surface area contributed by atoms with Crippen LogP contribution < -0.4 is 0 Å². The van der Waals surface area contributed by atoms with E-state index in [1.54, 1.807) is 13.8 Å². The van der Waals surface area contributed by atoms with Gasteiger partial charge in [-0.15, -0.1) is 0 Å². The minimum atomic E-state index is -0.811. The maximum atomic E-state index is 9.71. The molecule has 0 spiro atoms. The summed E-state index contributed by atoms with van der Waals surface area (Å²) in [5.74, 6) is -0.0918. The second-order valence-corrected chi connectivity index (χ2v) is 4.03. The highest BCUT2D eigenvalue weighted by Crippen LogP contribution is 2.22. The molecule has 0 bridgehead atoms. The van der Waals surface area contributed by atoms with Crippen molar-refractivity contribution in [3.8, 4) is 6.07 Å². The van der Waals surface area contributed by atoms with E-state index in [1.807, 2.05) is 31.2 Å². The standard InChI is InChI=1S/C12H15NO/c1-9(8-13)10-4-6-11(7-5-10)12(2,3)14/h4-7,9,14H,1-3H3. The lowest BCUT2D eigenvalue weighted by Gasteiger charge is -2.18. The lowest BCUT2D eigenvalue weighted by atomic mass is 9.94. The Balaban J connectivity index is 2.96. The van der Waals surface area contributed by atoms with Crippen molar-refractivity contribution in [2.75, 3.05) is 0 Å². The number of hydrogen-bond donors (Lipinski definition) is 1. The zero-order chi connectivity index (χ0) is 10.8. The minimum Gasteiger partial charge on any atom is -0.386 e. The van der Waals surface area contributed by atoms with Crippen molar-refractivity contribution in [2.24, 2.45) is 0 Å². The zero-order valence-corrected chi connectivity index (χ0v) is 8.78. The Labute approximate surface area is 84.8 Å². The van der Waals surface area contributed by atoms with Crippen LogP contribution in [-0.4, -0.2) is 5.11 Å². The van der Waals surface area contributed by atoms with Crippen molar-refractivity contribution in [3.63, 3.8) is 0 Å². The van der Waals surface area contributed by atoms with Gasteiger partial charge in [-0.25, -0.2) is 0 Å². The second kappa shape index (κ2) is 3.81. The fourth-order valence-corrected chi connectivity index (χ4v) is 1.25. The minimum absolute atomic E-state index is 0.0918. The quantitative estimate of drug-likeness (QED) is 0.777. The smallest absolute Gasteiger partial charge is 0.0840 e. The molecule has 74 valence electrons. The molecule has 0 saturated heterocycles. The third kappa shape index (κ3) is 2.34. The fourth-order valence-electron chi connectivity index (χ4n) is 1.25. The van der Waals surface area contributed by atoms with Crippen molar-refractivity contribution in [3.05, 3.63) is 35.4 Å². The maximum Gasteiger partial charge on any atom is 0.0840 e. The number of nitriles is 1. The van der Waals surface area contributed by atoms with Gasteiger partial charge >= 0.3 is 0 Å². The highest BCUT2D eigenvalue weighted by atomic mass is 16.3. The van der Waals surface area contributed by atoms with Crippen molar-refractivity contribution in [1.29, 1.82) is 5.26 Å². The number of nitrogens with zero attached hydrogens (tertiary/aromatic N) is 1. The average molecular weight is 189 g/mol. The van der Waals surface area contributed by atoms with Gasteiger partial charge in [0.05, 0.1) is 17.6 Å². The molecular weight excluding hydrogens is 174 g/mol. The summed E-state index contributed by atoms with van der Waals surface area (Å²) in [5, 5.41) is 18.4. The third-order valence-electron chi connectivity index (χ3n) is 2.31. The zero-order valence-electron chi connectivity index (χ0n) is 8.78. The van der Waals surface area contributed by atoms with Crippen LogP contribution in [0.15, 0.2) is 24.3 Å². The van der Waals surface area contributed by atoms with Crippen molar-refractivity contribution >= 4 is 0 Å². The van der Waals surface area contributed by atoms with Gasteiger partial charge < -0.3 is 5.11 Å². The van der Waals surface area contributed by atoms with Crippen LogP contribution in [0.2, 0.25) is 0 Å². The number of aliphatic hydroxyl groups is 1. The predicted octanol–water partition coefficient (Wildman–Crippen LogP) is 2.54. The summed E-state index contributed by atoms with van der Waals surface area (Å²) in [6.45, 7) is 5.35. The van der Waals surface area contributed by atoms with E-state index in [2.05, 4.69) is 6.07 Å². The first-order valence-electron chi connectivity index (χ1n) is 4.67. The lowest BCUT2D eigenvalue weighted by molar-refractivity contribution is 0.0786. The summed E-state index contributed by atoms with van der Waals surface area (Å²) in [6.07, 6.45) is 0. The molecule has 0 fully saturated rings. The van der Waals surface area contributed by atoms with Crippen LogP contribution in [-0.2, 0) is 5.60 Å².